The van der Waals surface area contributed by atoms with E-state index in [9.17, 15) is 17.6 Å². The first-order valence-electron chi connectivity index (χ1n) is 7.41. The number of morpholine rings is 1. The molecule has 7 nitrogen and oxygen atoms in total. The second kappa shape index (κ2) is 7.75. The van der Waals surface area contributed by atoms with Crippen molar-refractivity contribution in [1.29, 1.82) is 0 Å². The van der Waals surface area contributed by atoms with Gasteiger partial charge in [0.25, 0.3) is 5.91 Å². The Bertz CT molecular complexity index is 706. The van der Waals surface area contributed by atoms with Crippen LogP contribution in [0.25, 0.3) is 0 Å². The number of anilines is 1. The van der Waals surface area contributed by atoms with Gasteiger partial charge in [-0.05, 0) is 31.0 Å². The number of nitrogens with one attached hydrogen (secondary N) is 3. The van der Waals surface area contributed by atoms with Crippen LogP contribution in [0.15, 0.2) is 23.1 Å². The molecule has 1 amide bonds. The Kier molecular flexibility index (Phi) is 6.16. The summed E-state index contributed by atoms with van der Waals surface area (Å²) in [5.74, 6) is -1.26. The van der Waals surface area contributed by atoms with Crippen LogP contribution in [0.1, 0.15) is 12.8 Å². The quantitative estimate of drug-likeness (QED) is 0.696. The number of hydrogen-bond acceptors (Lipinski definition) is 5. The predicted molar refractivity (Wildman–Crippen MR) is 88.2 cm³/mol. The van der Waals surface area contributed by atoms with Crippen molar-refractivity contribution in [2.45, 2.75) is 29.9 Å². The molecule has 1 saturated carbocycles. The van der Waals surface area contributed by atoms with Crippen LogP contribution in [0.5, 0.6) is 0 Å². The van der Waals surface area contributed by atoms with Crippen molar-refractivity contribution in [3.63, 3.8) is 0 Å². The van der Waals surface area contributed by atoms with Crippen LogP contribution in [0.4, 0.5) is 10.1 Å². The van der Waals surface area contributed by atoms with Crippen LogP contribution >= 0.6 is 12.4 Å². The van der Waals surface area contributed by atoms with Gasteiger partial charge in [0, 0.05) is 24.8 Å². The molecule has 1 aliphatic heterocycles. The predicted octanol–water partition coefficient (Wildman–Crippen LogP) is 0.615. The molecule has 0 aromatic heterocycles. The SMILES string of the molecule is Cl.O=C(Nc1ccc(F)c(S(=O)(=O)NC2CC2)c1)C1CNCCO1. The van der Waals surface area contributed by atoms with Crippen molar-refractivity contribution < 1.29 is 22.3 Å². The van der Waals surface area contributed by atoms with Gasteiger partial charge in [0.1, 0.15) is 16.8 Å². The molecule has 0 bridgehead atoms. The minimum atomic E-state index is -3.93. The van der Waals surface area contributed by atoms with Gasteiger partial charge in [-0.15, -0.1) is 12.4 Å². The summed E-state index contributed by atoms with van der Waals surface area (Å²) in [4.78, 5) is 11.6. The minimum absolute atomic E-state index is 0. The molecule has 1 saturated heterocycles. The highest BCUT2D eigenvalue weighted by Gasteiger charge is 2.30. The zero-order valence-electron chi connectivity index (χ0n) is 12.7. The van der Waals surface area contributed by atoms with Gasteiger partial charge >= 0.3 is 0 Å². The summed E-state index contributed by atoms with van der Waals surface area (Å²) in [6, 6.07) is 3.34. The average Bonchev–Trinajstić information content (AvgIpc) is 3.33. The van der Waals surface area contributed by atoms with Gasteiger partial charge in [-0.3, -0.25) is 4.79 Å². The van der Waals surface area contributed by atoms with Crippen molar-refractivity contribution in [2.24, 2.45) is 0 Å². The zero-order chi connectivity index (χ0) is 16.4. The number of halogens is 2. The fourth-order valence-corrected chi connectivity index (χ4v) is 3.64. The maximum absolute atomic E-state index is 13.9. The van der Waals surface area contributed by atoms with E-state index in [1.807, 2.05) is 0 Å². The van der Waals surface area contributed by atoms with Crippen molar-refractivity contribution in [1.82, 2.24) is 10.0 Å². The molecule has 1 atom stereocenters. The second-order valence-corrected chi connectivity index (χ2v) is 7.28. The monoisotopic (exact) mass is 379 g/mol. The lowest BCUT2D eigenvalue weighted by Gasteiger charge is -2.22. The van der Waals surface area contributed by atoms with Crippen molar-refractivity contribution in [3.05, 3.63) is 24.0 Å². The number of carbonyl (C=O) groups is 1. The molecular formula is C14H19ClFN3O4S. The van der Waals surface area contributed by atoms with E-state index in [-0.39, 0.29) is 24.1 Å². The van der Waals surface area contributed by atoms with Crippen LogP contribution < -0.4 is 15.4 Å². The largest absolute Gasteiger partial charge is 0.366 e. The summed E-state index contributed by atoms with van der Waals surface area (Å²) in [6.45, 7) is 1.48. The van der Waals surface area contributed by atoms with Gasteiger partial charge in [0.2, 0.25) is 10.0 Å². The molecule has 3 rings (SSSR count). The molecule has 2 fully saturated rings. The van der Waals surface area contributed by atoms with Gasteiger partial charge in [-0.1, -0.05) is 0 Å². The molecule has 0 spiro atoms. The maximum atomic E-state index is 13.9. The highest BCUT2D eigenvalue weighted by Crippen LogP contribution is 2.25. The lowest BCUT2D eigenvalue weighted by atomic mass is 10.2. The molecule has 1 aromatic carbocycles. The summed E-state index contributed by atoms with van der Waals surface area (Å²) in [5.41, 5.74) is 0.210. The summed E-state index contributed by atoms with van der Waals surface area (Å²) in [7, 11) is -3.93. The summed E-state index contributed by atoms with van der Waals surface area (Å²) in [5, 5.41) is 5.58. The Morgan fingerprint density at radius 2 is 2.08 bits per heavy atom. The van der Waals surface area contributed by atoms with E-state index in [0.29, 0.717) is 19.7 Å². The molecule has 3 N–H and O–H groups in total. The molecule has 2 aliphatic rings. The molecule has 10 heteroatoms. The Hall–Kier alpha value is -1.26. The standard InChI is InChI=1S/C14H18FN3O4S.ClH/c15-11-4-3-10(17-14(19)12-8-16-5-6-22-12)7-13(11)23(20,21)18-9-1-2-9;/h3-4,7,9,12,16,18H,1-2,5-6,8H2,(H,17,19);1H. The van der Waals surface area contributed by atoms with Crippen LogP contribution in [0, 0.1) is 5.82 Å². The molecule has 0 radical (unpaired) electrons. The number of amides is 1. The van der Waals surface area contributed by atoms with Crippen molar-refractivity contribution >= 4 is 34.0 Å². The van der Waals surface area contributed by atoms with E-state index in [1.54, 1.807) is 0 Å². The van der Waals surface area contributed by atoms with Gasteiger partial charge in [-0.25, -0.2) is 17.5 Å². The second-order valence-electron chi connectivity index (χ2n) is 5.59. The Morgan fingerprint density at radius 3 is 2.71 bits per heavy atom. The van der Waals surface area contributed by atoms with Gasteiger partial charge in [0.05, 0.1) is 6.61 Å². The van der Waals surface area contributed by atoms with Crippen LogP contribution in [0.2, 0.25) is 0 Å². The Labute approximate surface area is 145 Å². The number of benzene rings is 1. The first kappa shape index (κ1) is 19.1. The smallest absolute Gasteiger partial charge is 0.254 e. The normalized spacial score (nSPS) is 21.0. The average molecular weight is 380 g/mol. The van der Waals surface area contributed by atoms with E-state index in [2.05, 4.69) is 15.4 Å². The van der Waals surface area contributed by atoms with Gasteiger partial charge < -0.3 is 15.4 Å². The highest BCUT2D eigenvalue weighted by atomic mass is 35.5. The Balaban J connectivity index is 0.00000208. The first-order valence-corrected chi connectivity index (χ1v) is 8.89. The number of sulfonamides is 1. The molecule has 1 aromatic rings. The van der Waals surface area contributed by atoms with E-state index in [4.69, 9.17) is 4.74 Å². The number of rotatable bonds is 5. The maximum Gasteiger partial charge on any atom is 0.254 e. The zero-order valence-corrected chi connectivity index (χ0v) is 14.4. The van der Waals surface area contributed by atoms with Gasteiger partial charge in [0.15, 0.2) is 0 Å². The highest BCUT2D eigenvalue weighted by molar-refractivity contribution is 7.89. The third kappa shape index (κ3) is 4.64. The molecular weight excluding hydrogens is 361 g/mol. The molecule has 1 heterocycles. The van der Waals surface area contributed by atoms with Crippen molar-refractivity contribution in [3.8, 4) is 0 Å². The van der Waals surface area contributed by atoms with E-state index < -0.39 is 32.7 Å². The summed E-state index contributed by atoms with van der Waals surface area (Å²) >= 11 is 0. The number of hydrogen-bond donors (Lipinski definition) is 3. The van der Waals surface area contributed by atoms with Crippen molar-refractivity contribution in [2.75, 3.05) is 25.0 Å². The van der Waals surface area contributed by atoms with E-state index >= 15 is 0 Å². The molecule has 134 valence electrons. The number of ether oxygens (including phenoxy) is 1. The molecule has 24 heavy (non-hydrogen) atoms. The van der Waals surface area contributed by atoms with Crippen LogP contribution in [0.3, 0.4) is 0 Å². The summed E-state index contributed by atoms with van der Waals surface area (Å²) in [6.07, 6.45) is 0.852. The lowest BCUT2D eigenvalue weighted by Crippen LogP contribution is -2.45. The van der Waals surface area contributed by atoms with E-state index in [1.165, 1.54) is 6.07 Å². The van der Waals surface area contributed by atoms with Gasteiger partial charge in [-0.2, -0.15) is 0 Å². The van der Waals surface area contributed by atoms with Crippen LogP contribution in [-0.2, 0) is 19.6 Å². The lowest BCUT2D eigenvalue weighted by molar-refractivity contribution is -0.128. The summed E-state index contributed by atoms with van der Waals surface area (Å²) < 4.78 is 45.9. The fourth-order valence-electron chi connectivity index (χ4n) is 2.23. The first-order chi connectivity index (χ1) is 11.0. The van der Waals surface area contributed by atoms with E-state index in [0.717, 1.165) is 25.0 Å². The number of carbonyl (C=O) groups excluding carboxylic acids is 1. The Morgan fingerprint density at radius 1 is 1.33 bits per heavy atom. The topological polar surface area (TPSA) is 96.5 Å². The molecule has 1 unspecified atom stereocenters. The minimum Gasteiger partial charge on any atom is -0.366 e. The fraction of sp³-hybridized carbons (Fsp3) is 0.500. The van der Waals surface area contributed by atoms with Crippen LogP contribution in [-0.4, -0.2) is 46.2 Å². The third-order valence-electron chi connectivity index (χ3n) is 3.61. The molecule has 1 aliphatic carbocycles. The third-order valence-corrected chi connectivity index (χ3v) is 5.14.